The number of benzene rings is 2. The summed E-state index contributed by atoms with van der Waals surface area (Å²) in [5.41, 5.74) is 7.57. The summed E-state index contributed by atoms with van der Waals surface area (Å²) in [7, 11) is 0. The fraction of sp³-hybridized carbons (Fsp3) is 0.0952. The van der Waals surface area contributed by atoms with Gasteiger partial charge in [0, 0.05) is 16.7 Å². The van der Waals surface area contributed by atoms with Gasteiger partial charge in [-0.05, 0) is 35.9 Å². The Morgan fingerprint density at radius 1 is 0.967 bits per heavy atom. The lowest BCUT2D eigenvalue weighted by Gasteiger charge is -2.07. The van der Waals surface area contributed by atoms with Crippen LogP contribution in [-0.2, 0) is 6.54 Å². The Kier molecular flexibility index (Phi) is 5.33. The molecule has 4 rings (SSSR count). The molecule has 0 atom stereocenters. The molecule has 0 aliphatic heterocycles. The number of furan rings is 1. The third-order valence-electron chi connectivity index (χ3n) is 4.38. The van der Waals surface area contributed by atoms with Crippen molar-refractivity contribution in [2.45, 2.75) is 13.5 Å². The maximum atomic E-state index is 12.2. The number of nitrogens with one attached hydrogen (secondary N) is 2. The fourth-order valence-electron chi connectivity index (χ4n) is 2.79. The van der Waals surface area contributed by atoms with E-state index in [1.165, 1.54) is 11.1 Å². The summed E-state index contributed by atoms with van der Waals surface area (Å²) in [6.45, 7) is 2.15. The average molecular weight is 402 g/mol. The van der Waals surface area contributed by atoms with Crippen LogP contribution in [-0.4, -0.2) is 32.0 Å². The molecule has 30 heavy (non-hydrogen) atoms. The molecule has 2 N–H and O–H groups in total. The van der Waals surface area contributed by atoms with Crippen LogP contribution in [0, 0.1) is 6.92 Å². The Morgan fingerprint density at radius 3 is 2.40 bits per heavy atom. The maximum Gasteiger partial charge on any atom is 0.305 e. The van der Waals surface area contributed by atoms with Gasteiger partial charge in [-0.3, -0.25) is 20.4 Å². The van der Waals surface area contributed by atoms with Gasteiger partial charge in [-0.15, -0.1) is 10.2 Å². The van der Waals surface area contributed by atoms with Crippen molar-refractivity contribution in [3.63, 3.8) is 0 Å². The summed E-state index contributed by atoms with van der Waals surface area (Å²) < 4.78 is 5.08. The molecule has 2 heterocycles. The number of hydrogen-bond donors (Lipinski definition) is 2. The predicted octanol–water partition coefficient (Wildman–Crippen LogP) is 2.36. The minimum absolute atomic E-state index is 0.154. The van der Waals surface area contributed by atoms with E-state index in [1.54, 1.807) is 37.3 Å². The Balaban J connectivity index is 1.35. The quantitative estimate of drug-likeness (QED) is 0.495. The van der Waals surface area contributed by atoms with Crippen LogP contribution >= 0.6 is 0 Å². The van der Waals surface area contributed by atoms with Crippen LogP contribution in [0.4, 0.5) is 0 Å². The first-order chi connectivity index (χ1) is 14.6. The van der Waals surface area contributed by atoms with E-state index in [1.807, 2.05) is 30.3 Å². The largest absolute Gasteiger partial charge is 0.459 e. The standard InChI is InChI=1S/C21H18N6O3/c1-14-11-12-30-18(14)21(29)24-23-20(28)17-9-7-15(8-10-17)13-27-25-19(22-26-27)16-5-3-2-4-6-16/h2-12H,13H2,1H3,(H,23,28)(H,24,29). The number of aryl methyl sites for hydroxylation is 1. The summed E-state index contributed by atoms with van der Waals surface area (Å²) in [6, 6.07) is 18.2. The molecule has 150 valence electrons. The lowest BCUT2D eigenvalue weighted by molar-refractivity contribution is 0.0830. The van der Waals surface area contributed by atoms with E-state index in [9.17, 15) is 9.59 Å². The molecule has 2 aromatic carbocycles. The van der Waals surface area contributed by atoms with Gasteiger partial charge >= 0.3 is 5.91 Å². The summed E-state index contributed by atoms with van der Waals surface area (Å²) in [6.07, 6.45) is 1.41. The van der Waals surface area contributed by atoms with Gasteiger partial charge in [-0.2, -0.15) is 4.80 Å². The zero-order valence-electron chi connectivity index (χ0n) is 16.1. The molecule has 2 aromatic heterocycles. The third kappa shape index (κ3) is 4.25. The number of rotatable bonds is 5. The molecule has 2 amide bonds. The number of tetrazole rings is 1. The van der Waals surface area contributed by atoms with Crippen molar-refractivity contribution in [3.8, 4) is 11.4 Å². The van der Waals surface area contributed by atoms with E-state index >= 15 is 0 Å². The van der Waals surface area contributed by atoms with Crippen LogP contribution < -0.4 is 10.9 Å². The molecule has 9 heteroatoms. The maximum absolute atomic E-state index is 12.2. The van der Waals surface area contributed by atoms with Crippen molar-refractivity contribution in [1.82, 2.24) is 31.1 Å². The van der Waals surface area contributed by atoms with E-state index in [4.69, 9.17) is 4.42 Å². The Hall–Kier alpha value is -4.27. The Bertz CT molecular complexity index is 1160. The number of aromatic nitrogens is 4. The van der Waals surface area contributed by atoms with Gasteiger partial charge in [0.2, 0.25) is 5.82 Å². The number of carbonyl (C=O) groups excluding carboxylic acids is 2. The SMILES string of the molecule is Cc1ccoc1C(=O)NNC(=O)c1ccc(Cn2nnc(-c3ccccc3)n2)cc1. The smallest absolute Gasteiger partial charge is 0.305 e. The van der Waals surface area contributed by atoms with Crippen LogP contribution in [0.1, 0.15) is 32.0 Å². The first kappa shape index (κ1) is 19.1. The second kappa shape index (κ2) is 8.39. The van der Waals surface area contributed by atoms with E-state index in [2.05, 4.69) is 26.3 Å². The monoisotopic (exact) mass is 402 g/mol. The van der Waals surface area contributed by atoms with Crippen molar-refractivity contribution in [2.75, 3.05) is 0 Å². The van der Waals surface area contributed by atoms with Gasteiger partial charge < -0.3 is 4.42 Å². The highest BCUT2D eigenvalue weighted by Gasteiger charge is 2.14. The minimum Gasteiger partial charge on any atom is -0.459 e. The van der Waals surface area contributed by atoms with Crippen LogP contribution in [0.3, 0.4) is 0 Å². The fourth-order valence-corrected chi connectivity index (χ4v) is 2.79. The number of amides is 2. The Morgan fingerprint density at radius 2 is 1.70 bits per heavy atom. The molecular weight excluding hydrogens is 384 g/mol. The van der Waals surface area contributed by atoms with Crippen molar-refractivity contribution in [1.29, 1.82) is 0 Å². The van der Waals surface area contributed by atoms with Crippen molar-refractivity contribution >= 4 is 11.8 Å². The van der Waals surface area contributed by atoms with Gasteiger partial charge in [-0.1, -0.05) is 42.5 Å². The van der Waals surface area contributed by atoms with Gasteiger partial charge in [0.05, 0.1) is 12.8 Å². The lowest BCUT2D eigenvalue weighted by atomic mass is 10.1. The summed E-state index contributed by atoms with van der Waals surface area (Å²) in [4.78, 5) is 25.7. The lowest BCUT2D eigenvalue weighted by Crippen LogP contribution is -2.41. The molecule has 0 radical (unpaired) electrons. The minimum atomic E-state index is -0.519. The topological polar surface area (TPSA) is 115 Å². The number of carbonyl (C=O) groups is 2. The van der Waals surface area contributed by atoms with Gasteiger partial charge in [0.15, 0.2) is 5.76 Å². The van der Waals surface area contributed by atoms with E-state index < -0.39 is 11.8 Å². The molecule has 0 unspecified atom stereocenters. The number of hydrogen-bond acceptors (Lipinski definition) is 6. The number of hydrazine groups is 1. The average Bonchev–Trinajstić information content (AvgIpc) is 3.42. The first-order valence-corrected chi connectivity index (χ1v) is 9.17. The molecule has 0 saturated carbocycles. The van der Waals surface area contributed by atoms with Gasteiger partial charge in [0.1, 0.15) is 0 Å². The highest BCUT2D eigenvalue weighted by atomic mass is 16.3. The molecule has 0 aliphatic rings. The van der Waals surface area contributed by atoms with E-state index in [0.717, 1.165) is 11.1 Å². The van der Waals surface area contributed by atoms with Crippen molar-refractivity contribution in [3.05, 3.63) is 89.4 Å². The highest BCUT2D eigenvalue weighted by molar-refractivity contribution is 5.98. The molecule has 4 aromatic rings. The van der Waals surface area contributed by atoms with E-state index in [-0.39, 0.29) is 5.76 Å². The molecule has 9 nitrogen and oxygen atoms in total. The summed E-state index contributed by atoms with van der Waals surface area (Å²) in [5, 5.41) is 12.5. The van der Waals surface area contributed by atoms with Crippen molar-refractivity contribution in [2.24, 2.45) is 0 Å². The van der Waals surface area contributed by atoms with Crippen LogP contribution in [0.15, 0.2) is 71.3 Å². The highest BCUT2D eigenvalue weighted by Crippen LogP contribution is 2.13. The van der Waals surface area contributed by atoms with Crippen molar-refractivity contribution < 1.29 is 14.0 Å². The molecule has 0 spiro atoms. The van der Waals surface area contributed by atoms with Gasteiger partial charge in [0.25, 0.3) is 5.91 Å². The van der Waals surface area contributed by atoms with Crippen LogP contribution in [0.25, 0.3) is 11.4 Å². The molecule has 0 aliphatic carbocycles. The Labute approximate surface area is 171 Å². The molecular formula is C21H18N6O3. The predicted molar refractivity (Wildman–Crippen MR) is 107 cm³/mol. The first-order valence-electron chi connectivity index (χ1n) is 9.17. The zero-order valence-corrected chi connectivity index (χ0v) is 16.1. The summed E-state index contributed by atoms with van der Waals surface area (Å²) in [5.74, 6) is -0.256. The van der Waals surface area contributed by atoms with E-state index in [0.29, 0.717) is 23.5 Å². The third-order valence-corrected chi connectivity index (χ3v) is 4.38. The number of nitrogens with zero attached hydrogens (tertiary/aromatic N) is 4. The van der Waals surface area contributed by atoms with Crippen LogP contribution in [0.2, 0.25) is 0 Å². The normalized spacial score (nSPS) is 10.6. The summed E-state index contributed by atoms with van der Waals surface area (Å²) >= 11 is 0. The molecule has 0 saturated heterocycles. The second-order valence-electron chi connectivity index (χ2n) is 6.55. The zero-order chi connectivity index (χ0) is 20.9. The van der Waals surface area contributed by atoms with Gasteiger partial charge in [-0.25, -0.2) is 0 Å². The molecule has 0 fully saturated rings. The van der Waals surface area contributed by atoms with Crippen LogP contribution in [0.5, 0.6) is 0 Å². The molecule has 0 bridgehead atoms. The second-order valence-corrected chi connectivity index (χ2v) is 6.55.